The fourth-order valence-corrected chi connectivity index (χ4v) is 3.22. The molecule has 0 spiro atoms. The van der Waals surface area contributed by atoms with E-state index in [9.17, 15) is 4.79 Å². The molecule has 0 aromatic carbocycles. The number of aromatic amines is 1. The molecule has 0 atom stereocenters. The molecular weight excluding hydrogens is 316 g/mol. The molecule has 7 heteroatoms. The number of hydrogen-bond donors (Lipinski definition) is 1. The van der Waals surface area contributed by atoms with Crippen molar-refractivity contribution in [2.45, 2.75) is 20.4 Å². The summed E-state index contributed by atoms with van der Waals surface area (Å²) in [7, 11) is 0. The molecule has 3 rings (SSSR count). The van der Waals surface area contributed by atoms with Crippen LogP contribution in [-0.4, -0.2) is 75.2 Å². The molecule has 0 unspecified atom stereocenters. The lowest BCUT2D eigenvalue weighted by atomic mass is 10.1. The lowest BCUT2D eigenvalue weighted by Gasteiger charge is -2.37. The van der Waals surface area contributed by atoms with Crippen LogP contribution in [0.3, 0.4) is 0 Å². The lowest BCUT2D eigenvalue weighted by Crippen LogP contribution is -2.52. The minimum absolute atomic E-state index is 0.156. The molecule has 2 aromatic rings. The van der Waals surface area contributed by atoms with E-state index in [0.717, 1.165) is 62.6 Å². The van der Waals surface area contributed by atoms with Crippen molar-refractivity contribution >= 4 is 6.03 Å². The van der Waals surface area contributed by atoms with Gasteiger partial charge < -0.3 is 9.80 Å². The summed E-state index contributed by atoms with van der Waals surface area (Å²) in [6.45, 7) is 9.71. The Kier molecular flexibility index (Phi) is 5.65. The van der Waals surface area contributed by atoms with Crippen LogP contribution in [0.5, 0.6) is 0 Å². The molecule has 1 saturated heterocycles. The maximum absolute atomic E-state index is 12.4. The molecule has 2 amide bonds. The fraction of sp³-hybridized carbons (Fsp3) is 0.500. The number of hydrogen-bond acceptors (Lipinski definition) is 4. The Hall–Kier alpha value is -2.41. The van der Waals surface area contributed by atoms with E-state index in [1.807, 2.05) is 48.2 Å². The number of aromatic nitrogens is 3. The molecule has 0 aliphatic carbocycles. The van der Waals surface area contributed by atoms with Crippen molar-refractivity contribution in [3.8, 4) is 11.3 Å². The molecule has 0 saturated carbocycles. The highest BCUT2D eigenvalue weighted by Gasteiger charge is 2.24. The summed E-state index contributed by atoms with van der Waals surface area (Å²) in [5.41, 5.74) is 3.23. The van der Waals surface area contributed by atoms with E-state index in [1.54, 1.807) is 6.20 Å². The van der Waals surface area contributed by atoms with Crippen LogP contribution in [0.25, 0.3) is 11.3 Å². The zero-order valence-electron chi connectivity index (χ0n) is 15.0. The van der Waals surface area contributed by atoms with Crippen LogP contribution in [0.2, 0.25) is 0 Å². The maximum atomic E-state index is 12.4. The van der Waals surface area contributed by atoms with Gasteiger partial charge in [-0.2, -0.15) is 5.10 Å². The van der Waals surface area contributed by atoms with E-state index in [0.29, 0.717) is 0 Å². The van der Waals surface area contributed by atoms with Gasteiger partial charge in [-0.05, 0) is 26.0 Å². The van der Waals surface area contributed by atoms with E-state index in [-0.39, 0.29) is 6.03 Å². The summed E-state index contributed by atoms with van der Waals surface area (Å²) in [6, 6.07) is 4.12. The average molecular weight is 342 g/mol. The third-order valence-corrected chi connectivity index (χ3v) is 4.74. The predicted octanol–water partition coefficient (Wildman–Crippen LogP) is 2.05. The number of H-pyrrole nitrogens is 1. The zero-order valence-corrected chi connectivity index (χ0v) is 15.0. The summed E-state index contributed by atoms with van der Waals surface area (Å²) in [4.78, 5) is 22.8. The van der Waals surface area contributed by atoms with E-state index < -0.39 is 0 Å². The number of urea groups is 1. The van der Waals surface area contributed by atoms with Gasteiger partial charge in [0.1, 0.15) is 0 Å². The van der Waals surface area contributed by atoms with E-state index in [2.05, 4.69) is 20.1 Å². The van der Waals surface area contributed by atoms with Gasteiger partial charge in [0.2, 0.25) is 0 Å². The molecule has 1 aliphatic heterocycles. The zero-order chi connectivity index (χ0) is 17.6. The van der Waals surface area contributed by atoms with E-state index >= 15 is 0 Å². The van der Waals surface area contributed by atoms with Gasteiger partial charge >= 0.3 is 6.03 Å². The Morgan fingerprint density at radius 3 is 2.60 bits per heavy atom. The highest BCUT2D eigenvalue weighted by atomic mass is 16.2. The minimum Gasteiger partial charge on any atom is -0.325 e. The normalized spacial score (nSPS) is 15.4. The first kappa shape index (κ1) is 17.4. The Morgan fingerprint density at radius 2 is 1.96 bits per heavy atom. The second-order valence-corrected chi connectivity index (χ2v) is 6.23. The van der Waals surface area contributed by atoms with Crippen LogP contribution in [0.15, 0.2) is 30.7 Å². The molecule has 25 heavy (non-hydrogen) atoms. The summed E-state index contributed by atoms with van der Waals surface area (Å²) >= 11 is 0. The number of carbonyl (C=O) groups excluding carboxylic acids is 1. The molecule has 1 aliphatic rings. The molecular formula is C18H26N6O. The van der Waals surface area contributed by atoms with Crippen molar-refractivity contribution < 1.29 is 4.79 Å². The molecule has 1 N–H and O–H groups in total. The van der Waals surface area contributed by atoms with Crippen molar-refractivity contribution in [1.82, 2.24) is 29.9 Å². The van der Waals surface area contributed by atoms with Crippen LogP contribution in [0.4, 0.5) is 4.79 Å². The number of piperazine rings is 1. The maximum Gasteiger partial charge on any atom is 0.320 e. The molecule has 1 fully saturated rings. The highest BCUT2D eigenvalue weighted by Crippen LogP contribution is 2.21. The first-order valence-corrected chi connectivity index (χ1v) is 8.91. The van der Waals surface area contributed by atoms with Crippen molar-refractivity contribution in [3.05, 3.63) is 36.3 Å². The van der Waals surface area contributed by atoms with Crippen LogP contribution < -0.4 is 0 Å². The Bertz CT molecular complexity index is 674. The number of carbonyl (C=O) groups is 1. The first-order chi connectivity index (χ1) is 12.2. The Morgan fingerprint density at radius 1 is 1.20 bits per heavy atom. The quantitative estimate of drug-likeness (QED) is 0.903. The topological polar surface area (TPSA) is 68.4 Å². The van der Waals surface area contributed by atoms with E-state index in [4.69, 9.17) is 0 Å². The number of rotatable bonds is 5. The van der Waals surface area contributed by atoms with Gasteiger partial charge in [-0.1, -0.05) is 0 Å². The van der Waals surface area contributed by atoms with Crippen molar-refractivity contribution in [1.29, 1.82) is 0 Å². The molecule has 7 nitrogen and oxygen atoms in total. The number of amides is 2. The van der Waals surface area contributed by atoms with Crippen molar-refractivity contribution in [2.24, 2.45) is 0 Å². The fourth-order valence-electron chi connectivity index (χ4n) is 3.22. The molecule has 134 valence electrons. The lowest BCUT2D eigenvalue weighted by molar-refractivity contribution is 0.112. The smallest absolute Gasteiger partial charge is 0.320 e. The van der Waals surface area contributed by atoms with Gasteiger partial charge in [-0.15, -0.1) is 0 Å². The summed E-state index contributed by atoms with van der Waals surface area (Å²) in [6.07, 6.45) is 5.50. The third-order valence-electron chi connectivity index (χ3n) is 4.74. The van der Waals surface area contributed by atoms with Gasteiger partial charge in [0.05, 0.1) is 11.9 Å². The number of pyridine rings is 1. The highest BCUT2D eigenvalue weighted by molar-refractivity contribution is 5.74. The Balaban J connectivity index is 1.59. The summed E-state index contributed by atoms with van der Waals surface area (Å²) in [5.74, 6) is 0. The molecule has 3 heterocycles. The first-order valence-electron chi connectivity index (χ1n) is 8.91. The van der Waals surface area contributed by atoms with Crippen LogP contribution >= 0.6 is 0 Å². The van der Waals surface area contributed by atoms with Crippen molar-refractivity contribution in [2.75, 3.05) is 39.3 Å². The average Bonchev–Trinajstić information content (AvgIpc) is 3.12. The number of nitrogens with zero attached hydrogens (tertiary/aromatic N) is 5. The van der Waals surface area contributed by atoms with Gasteiger partial charge in [-0.3, -0.25) is 15.0 Å². The van der Waals surface area contributed by atoms with Crippen LogP contribution in [0.1, 0.15) is 19.4 Å². The largest absolute Gasteiger partial charge is 0.325 e. The van der Waals surface area contributed by atoms with Crippen LogP contribution in [-0.2, 0) is 6.54 Å². The predicted molar refractivity (Wildman–Crippen MR) is 97.0 cm³/mol. The van der Waals surface area contributed by atoms with E-state index in [1.165, 1.54) is 0 Å². The standard InChI is InChI=1S/C18H26N6O/c1-3-23(4-2)18(25)24-10-8-22(9-11-24)14-16-13-20-21-17(16)15-6-5-7-19-12-15/h5-7,12-13H,3-4,8-11,14H2,1-2H3,(H,20,21). The summed E-state index contributed by atoms with van der Waals surface area (Å²) in [5, 5.41) is 7.28. The molecule has 0 radical (unpaired) electrons. The second kappa shape index (κ2) is 8.11. The third kappa shape index (κ3) is 3.99. The molecule has 2 aromatic heterocycles. The number of nitrogens with one attached hydrogen (secondary N) is 1. The van der Waals surface area contributed by atoms with Crippen molar-refractivity contribution in [3.63, 3.8) is 0 Å². The monoisotopic (exact) mass is 342 g/mol. The van der Waals surface area contributed by atoms with Gasteiger partial charge in [0.25, 0.3) is 0 Å². The SMILES string of the molecule is CCN(CC)C(=O)N1CCN(Cc2cn[nH]c2-c2cccnc2)CC1. The minimum atomic E-state index is 0.156. The van der Waals surface area contributed by atoms with Gasteiger partial charge in [0, 0.05) is 69.3 Å². The second-order valence-electron chi connectivity index (χ2n) is 6.23. The van der Waals surface area contributed by atoms with Crippen LogP contribution in [0, 0.1) is 0 Å². The van der Waals surface area contributed by atoms with Gasteiger partial charge in [0.15, 0.2) is 0 Å². The Labute approximate surface area is 148 Å². The summed E-state index contributed by atoms with van der Waals surface area (Å²) < 4.78 is 0. The van der Waals surface area contributed by atoms with Gasteiger partial charge in [-0.25, -0.2) is 4.79 Å². The molecule has 0 bridgehead atoms.